The van der Waals surface area contributed by atoms with Crippen molar-refractivity contribution in [2.45, 2.75) is 19.4 Å². The molecule has 0 radical (unpaired) electrons. The van der Waals surface area contributed by atoms with Gasteiger partial charge in [0.05, 0.1) is 12.1 Å². The largest absolute Gasteiger partial charge is 0.381 e. The zero-order valence-electron chi connectivity index (χ0n) is 11.9. The topological polar surface area (TPSA) is 59.1 Å². The van der Waals surface area contributed by atoms with Crippen molar-refractivity contribution in [2.75, 3.05) is 30.9 Å². The molecule has 1 aliphatic heterocycles. The lowest BCUT2D eigenvalue weighted by Crippen LogP contribution is -2.26. The van der Waals surface area contributed by atoms with Gasteiger partial charge in [0.2, 0.25) is 5.95 Å². The Bertz CT molecular complexity index is 595. The maximum atomic E-state index is 5.46. The monoisotopic (exact) mass is 272 g/mol. The molecule has 2 unspecified atom stereocenters. The number of aromatic nitrogens is 2. The van der Waals surface area contributed by atoms with Gasteiger partial charge >= 0.3 is 0 Å². The van der Waals surface area contributed by atoms with Gasteiger partial charge < -0.3 is 15.4 Å². The summed E-state index contributed by atoms with van der Waals surface area (Å²) in [6.45, 7) is 3.88. The first-order chi connectivity index (χ1) is 9.78. The number of fused-ring (bicyclic) bond motifs is 1. The molecule has 2 N–H and O–H groups in total. The average Bonchev–Trinajstić information content (AvgIpc) is 3.01. The van der Waals surface area contributed by atoms with Crippen LogP contribution in [0.5, 0.6) is 0 Å². The number of hydrogen-bond acceptors (Lipinski definition) is 5. The highest BCUT2D eigenvalue weighted by molar-refractivity contribution is 5.90. The second-order valence-corrected chi connectivity index (χ2v) is 5.22. The van der Waals surface area contributed by atoms with Crippen molar-refractivity contribution < 1.29 is 4.74 Å². The van der Waals surface area contributed by atoms with Gasteiger partial charge in [-0.25, -0.2) is 4.98 Å². The number of anilines is 2. The summed E-state index contributed by atoms with van der Waals surface area (Å²) in [4.78, 5) is 9.03. The molecule has 106 valence electrons. The number of ether oxygens (including phenoxy) is 1. The lowest BCUT2D eigenvalue weighted by Gasteiger charge is -2.21. The van der Waals surface area contributed by atoms with Crippen LogP contribution in [0.25, 0.3) is 10.9 Å². The molecular weight excluding hydrogens is 252 g/mol. The van der Waals surface area contributed by atoms with Crippen LogP contribution in [-0.4, -0.2) is 36.3 Å². The van der Waals surface area contributed by atoms with E-state index in [9.17, 15) is 0 Å². The number of benzene rings is 1. The van der Waals surface area contributed by atoms with Crippen LogP contribution in [0.4, 0.5) is 11.8 Å². The van der Waals surface area contributed by atoms with Gasteiger partial charge in [-0.1, -0.05) is 12.1 Å². The average molecular weight is 272 g/mol. The third kappa shape index (κ3) is 2.54. The van der Waals surface area contributed by atoms with E-state index in [1.807, 2.05) is 25.2 Å². The number of para-hydroxylation sites is 1. The molecular formula is C15H20N4O. The summed E-state index contributed by atoms with van der Waals surface area (Å²) in [7, 11) is 1.84. The molecule has 20 heavy (non-hydrogen) atoms. The number of nitrogens with one attached hydrogen (secondary N) is 2. The maximum absolute atomic E-state index is 5.46. The number of rotatable bonds is 4. The van der Waals surface area contributed by atoms with E-state index < -0.39 is 0 Å². The molecule has 0 spiro atoms. The van der Waals surface area contributed by atoms with Crippen LogP contribution in [0.1, 0.15) is 13.3 Å². The van der Waals surface area contributed by atoms with Gasteiger partial charge in [-0.2, -0.15) is 4.98 Å². The van der Waals surface area contributed by atoms with Gasteiger partial charge in [0.25, 0.3) is 0 Å². The molecule has 3 rings (SSSR count). The van der Waals surface area contributed by atoms with E-state index in [1.165, 1.54) is 0 Å². The Labute approximate surface area is 118 Å². The fourth-order valence-electron chi connectivity index (χ4n) is 2.58. The first-order valence-corrected chi connectivity index (χ1v) is 7.06. The normalized spacial score (nSPS) is 20.0. The highest BCUT2D eigenvalue weighted by Crippen LogP contribution is 2.25. The Morgan fingerprint density at radius 2 is 2.15 bits per heavy atom. The van der Waals surface area contributed by atoms with Gasteiger partial charge in [-0.05, 0) is 25.5 Å². The van der Waals surface area contributed by atoms with Crippen LogP contribution in [0.3, 0.4) is 0 Å². The summed E-state index contributed by atoms with van der Waals surface area (Å²) in [5, 5.41) is 7.60. The SMILES string of the molecule is CNc1nc(NC(C)C2CCOC2)c2ccccc2n1. The van der Waals surface area contributed by atoms with E-state index >= 15 is 0 Å². The summed E-state index contributed by atoms with van der Waals surface area (Å²) >= 11 is 0. The summed E-state index contributed by atoms with van der Waals surface area (Å²) in [5.74, 6) is 2.07. The number of hydrogen-bond donors (Lipinski definition) is 2. The maximum Gasteiger partial charge on any atom is 0.224 e. The summed E-state index contributed by atoms with van der Waals surface area (Å²) in [5.41, 5.74) is 0.948. The van der Waals surface area contributed by atoms with Crippen LogP contribution < -0.4 is 10.6 Å². The summed E-state index contributed by atoms with van der Waals surface area (Å²) in [6.07, 6.45) is 1.11. The van der Waals surface area contributed by atoms with Crippen molar-refractivity contribution in [1.29, 1.82) is 0 Å². The summed E-state index contributed by atoms with van der Waals surface area (Å²) in [6, 6.07) is 8.40. The van der Waals surface area contributed by atoms with E-state index in [0.717, 1.165) is 36.4 Å². The Kier molecular flexibility index (Phi) is 3.69. The molecule has 0 aliphatic carbocycles. The van der Waals surface area contributed by atoms with Crippen molar-refractivity contribution in [3.8, 4) is 0 Å². The second-order valence-electron chi connectivity index (χ2n) is 5.22. The predicted molar refractivity (Wildman–Crippen MR) is 81.1 cm³/mol. The third-order valence-corrected chi connectivity index (χ3v) is 3.86. The van der Waals surface area contributed by atoms with Crippen LogP contribution >= 0.6 is 0 Å². The minimum Gasteiger partial charge on any atom is -0.381 e. The van der Waals surface area contributed by atoms with Crippen molar-refractivity contribution in [3.05, 3.63) is 24.3 Å². The van der Waals surface area contributed by atoms with Gasteiger partial charge in [-0.3, -0.25) is 0 Å². The Balaban J connectivity index is 1.92. The molecule has 1 aromatic heterocycles. The van der Waals surface area contributed by atoms with Crippen molar-refractivity contribution in [2.24, 2.45) is 5.92 Å². The van der Waals surface area contributed by atoms with Gasteiger partial charge in [0, 0.05) is 31.0 Å². The molecule has 0 amide bonds. The molecule has 1 saturated heterocycles. The first kappa shape index (κ1) is 13.1. The lowest BCUT2D eigenvalue weighted by molar-refractivity contribution is 0.183. The zero-order chi connectivity index (χ0) is 13.9. The van der Waals surface area contributed by atoms with E-state index in [4.69, 9.17) is 4.74 Å². The molecule has 5 nitrogen and oxygen atoms in total. The van der Waals surface area contributed by atoms with Crippen LogP contribution in [-0.2, 0) is 4.74 Å². The molecule has 2 atom stereocenters. The standard InChI is InChI=1S/C15H20N4O/c1-10(11-7-8-20-9-11)17-14-12-5-3-4-6-13(12)18-15(16-2)19-14/h3-6,10-11H,7-9H2,1-2H3,(H2,16,17,18,19). The zero-order valence-corrected chi connectivity index (χ0v) is 11.9. The second kappa shape index (κ2) is 5.63. The van der Waals surface area contributed by atoms with Crippen molar-refractivity contribution in [1.82, 2.24) is 9.97 Å². The highest BCUT2D eigenvalue weighted by Gasteiger charge is 2.23. The van der Waals surface area contributed by atoms with E-state index in [1.54, 1.807) is 0 Å². The van der Waals surface area contributed by atoms with Crippen LogP contribution in [0.2, 0.25) is 0 Å². The van der Waals surface area contributed by atoms with E-state index in [2.05, 4.69) is 33.6 Å². The van der Waals surface area contributed by atoms with E-state index in [-0.39, 0.29) is 0 Å². The van der Waals surface area contributed by atoms with Gasteiger partial charge in [0.1, 0.15) is 5.82 Å². The van der Waals surface area contributed by atoms with E-state index in [0.29, 0.717) is 17.9 Å². The minimum atomic E-state index is 0.334. The van der Waals surface area contributed by atoms with Crippen molar-refractivity contribution in [3.63, 3.8) is 0 Å². The quantitative estimate of drug-likeness (QED) is 0.895. The number of nitrogens with zero attached hydrogens (tertiary/aromatic N) is 2. The Hall–Kier alpha value is -1.88. The molecule has 1 fully saturated rings. The first-order valence-electron chi connectivity index (χ1n) is 7.06. The molecule has 1 aliphatic rings. The van der Waals surface area contributed by atoms with Gasteiger partial charge in [-0.15, -0.1) is 0 Å². The minimum absolute atomic E-state index is 0.334. The Morgan fingerprint density at radius 3 is 2.90 bits per heavy atom. The van der Waals surface area contributed by atoms with Crippen LogP contribution in [0.15, 0.2) is 24.3 Å². The molecule has 2 heterocycles. The third-order valence-electron chi connectivity index (χ3n) is 3.86. The fourth-order valence-corrected chi connectivity index (χ4v) is 2.58. The Morgan fingerprint density at radius 1 is 1.30 bits per heavy atom. The molecule has 5 heteroatoms. The fraction of sp³-hybridized carbons (Fsp3) is 0.467. The summed E-state index contributed by atoms with van der Waals surface area (Å²) < 4.78 is 5.46. The highest BCUT2D eigenvalue weighted by atomic mass is 16.5. The molecule has 0 bridgehead atoms. The molecule has 1 aromatic carbocycles. The van der Waals surface area contributed by atoms with Gasteiger partial charge in [0.15, 0.2) is 0 Å². The van der Waals surface area contributed by atoms with Crippen LogP contribution in [0, 0.1) is 5.92 Å². The lowest BCUT2D eigenvalue weighted by atomic mass is 10.0. The smallest absolute Gasteiger partial charge is 0.224 e. The predicted octanol–water partition coefficient (Wildman–Crippen LogP) is 2.51. The van der Waals surface area contributed by atoms with Crippen molar-refractivity contribution >= 4 is 22.7 Å². The molecule has 0 saturated carbocycles. The molecule has 2 aromatic rings.